The summed E-state index contributed by atoms with van der Waals surface area (Å²) in [6.45, 7) is 6.44. The van der Waals surface area contributed by atoms with Crippen molar-refractivity contribution >= 4 is 16.3 Å². The first-order valence-corrected chi connectivity index (χ1v) is 9.43. The molecule has 3 aromatic rings. The van der Waals surface area contributed by atoms with Crippen LogP contribution < -0.4 is 5.56 Å². The Morgan fingerprint density at radius 2 is 2.08 bits per heavy atom. The quantitative estimate of drug-likeness (QED) is 0.702. The van der Waals surface area contributed by atoms with Crippen LogP contribution in [0.4, 0.5) is 4.39 Å². The zero-order valence-electron chi connectivity index (χ0n) is 14.8. The lowest BCUT2D eigenvalue weighted by atomic mass is 10.1. The summed E-state index contributed by atoms with van der Waals surface area (Å²) >= 11 is 1.51. The normalized spacial score (nSPS) is 21.7. The zero-order chi connectivity index (χ0) is 18.6. The molecular weight excluding hydrogens is 349 g/mol. The Morgan fingerprint density at radius 3 is 2.73 bits per heavy atom. The molecule has 2 unspecified atom stereocenters. The van der Waals surface area contributed by atoms with Crippen molar-refractivity contribution in [2.24, 2.45) is 11.8 Å². The van der Waals surface area contributed by atoms with Gasteiger partial charge in [0.05, 0.1) is 11.3 Å². The Balaban J connectivity index is 1.78. The molecule has 1 saturated carbocycles. The van der Waals surface area contributed by atoms with E-state index in [0.717, 1.165) is 10.6 Å². The van der Waals surface area contributed by atoms with Crippen LogP contribution in [0.3, 0.4) is 0 Å². The minimum atomic E-state index is -0.541. The number of aromatic nitrogens is 2. The Hall–Kier alpha value is -2.52. The molecule has 2 heterocycles. The van der Waals surface area contributed by atoms with Crippen molar-refractivity contribution in [1.29, 1.82) is 5.26 Å². The van der Waals surface area contributed by atoms with Crippen LogP contribution in [0.25, 0.3) is 4.96 Å². The van der Waals surface area contributed by atoms with E-state index in [1.54, 1.807) is 16.5 Å². The summed E-state index contributed by atoms with van der Waals surface area (Å²) in [6, 6.07) is 8.04. The molecule has 26 heavy (non-hydrogen) atoms. The minimum absolute atomic E-state index is 0.00580. The molecule has 1 aromatic carbocycles. The van der Waals surface area contributed by atoms with Crippen LogP contribution in [0, 0.1) is 35.9 Å². The highest BCUT2D eigenvalue weighted by Crippen LogP contribution is 2.54. The van der Waals surface area contributed by atoms with Crippen LogP contribution in [0.1, 0.15) is 47.2 Å². The topological polar surface area (TPSA) is 58.2 Å². The number of halogens is 1. The summed E-state index contributed by atoms with van der Waals surface area (Å²) in [5.41, 5.74) is 1.86. The Labute approximate surface area is 154 Å². The average molecular weight is 367 g/mol. The number of aryl methyl sites for hydroxylation is 1. The van der Waals surface area contributed by atoms with Gasteiger partial charge in [-0.05, 0) is 30.4 Å². The molecule has 1 aliphatic rings. The van der Waals surface area contributed by atoms with Gasteiger partial charge in [-0.1, -0.05) is 26.0 Å². The predicted octanol–water partition coefficient (Wildman–Crippen LogP) is 4.04. The van der Waals surface area contributed by atoms with Crippen molar-refractivity contribution in [2.45, 2.75) is 33.1 Å². The zero-order valence-corrected chi connectivity index (χ0v) is 15.6. The van der Waals surface area contributed by atoms with E-state index in [2.05, 4.69) is 18.8 Å². The highest BCUT2D eigenvalue weighted by Gasteiger charge is 2.46. The first-order valence-electron chi connectivity index (χ1n) is 8.61. The number of hydrogen-bond acceptors (Lipinski definition) is 4. The lowest BCUT2D eigenvalue weighted by Crippen LogP contribution is -2.17. The van der Waals surface area contributed by atoms with Crippen molar-refractivity contribution in [3.8, 4) is 6.07 Å². The van der Waals surface area contributed by atoms with E-state index < -0.39 is 5.82 Å². The molecule has 0 amide bonds. The lowest BCUT2D eigenvalue weighted by molar-refractivity contribution is 0.609. The molecule has 4 rings (SSSR count). The fourth-order valence-corrected chi connectivity index (χ4v) is 4.82. The van der Waals surface area contributed by atoms with E-state index >= 15 is 0 Å². The van der Waals surface area contributed by atoms with E-state index in [0.29, 0.717) is 34.0 Å². The molecule has 0 spiro atoms. The first kappa shape index (κ1) is 16.9. The summed E-state index contributed by atoms with van der Waals surface area (Å²) in [4.78, 5) is 19.1. The highest BCUT2D eigenvalue weighted by molar-refractivity contribution is 7.17. The molecule has 0 saturated heterocycles. The molecule has 1 fully saturated rings. The molecule has 0 radical (unpaired) electrons. The Kier molecular flexibility index (Phi) is 3.92. The van der Waals surface area contributed by atoms with Crippen molar-refractivity contribution in [2.75, 3.05) is 0 Å². The Bertz CT molecular complexity index is 1120. The van der Waals surface area contributed by atoms with Crippen LogP contribution in [0.5, 0.6) is 0 Å². The molecular formula is C20H18FN3OS. The summed E-state index contributed by atoms with van der Waals surface area (Å²) < 4.78 is 16.0. The van der Waals surface area contributed by atoms with Crippen molar-refractivity contribution in [3.63, 3.8) is 0 Å². The number of hydrogen-bond donors (Lipinski definition) is 0. The first-order chi connectivity index (χ1) is 12.4. The van der Waals surface area contributed by atoms with Crippen LogP contribution in [0.2, 0.25) is 0 Å². The third-order valence-corrected chi connectivity index (χ3v) is 6.47. The molecule has 0 bridgehead atoms. The van der Waals surface area contributed by atoms with Crippen molar-refractivity contribution < 1.29 is 4.39 Å². The molecule has 2 atom stereocenters. The second-order valence-electron chi connectivity index (χ2n) is 7.06. The van der Waals surface area contributed by atoms with E-state index in [4.69, 9.17) is 5.26 Å². The molecule has 132 valence electrons. The second-order valence-corrected chi connectivity index (χ2v) is 8.24. The largest absolute Gasteiger partial charge is 0.269 e. The van der Waals surface area contributed by atoms with Crippen molar-refractivity contribution in [3.05, 3.63) is 67.8 Å². The van der Waals surface area contributed by atoms with Gasteiger partial charge < -0.3 is 0 Å². The van der Waals surface area contributed by atoms with E-state index in [1.165, 1.54) is 23.5 Å². The monoisotopic (exact) mass is 367 g/mol. The SMILES string of the molecule is Cc1sc2nc(Cc3cccc(C#N)c3F)cc(=O)n2c1C1C(C)C1C. The van der Waals surface area contributed by atoms with Gasteiger partial charge in [0.25, 0.3) is 5.56 Å². The van der Waals surface area contributed by atoms with Crippen LogP contribution >= 0.6 is 11.3 Å². The van der Waals surface area contributed by atoms with Crippen LogP contribution in [-0.2, 0) is 6.42 Å². The van der Waals surface area contributed by atoms with Gasteiger partial charge in [-0.15, -0.1) is 11.3 Å². The van der Waals surface area contributed by atoms with Gasteiger partial charge in [0.2, 0.25) is 0 Å². The maximum Gasteiger partial charge on any atom is 0.258 e. The summed E-state index contributed by atoms with van der Waals surface area (Å²) in [5, 5.41) is 8.97. The van der Waals surface area contributed by atoms with E-state index in [9.17, 15) is 9.18 Å². The van der Waals surface area contributed by atoms with Crippen LogP contribution in [-0.4, -0.2) is 9.38 Å². The van der Waals surface area contributed by atoms with Crippen LogP contribution in [0.15, 0.2) is 29.1 Å². The fourth-order valence-electron chi connectivity index (χ4n) is 3.78. The van der Waals surface area contributed by atoms with Gasteiger partial charge in [0.15, 0.2) is 4.96 Å². The number of nitrogens with zero attached hydrogens (tertiary/aromatic N) is 3. The van der Waals surface area contributed by atoms with Crippen molar-refractivity contribution in [1.82, 2.24) is 9.38 Å². The Morgan fingerprint density at radius 1 is 1.35 bits per heavy atom. The number of thiazole rings is 1. The third kappa shape index (κ3) is 2.55. The number of benzene rings is 1. The van der Waals surface area contributed by atoms with Gasteiger partial charge >= 0.3 is 0 Å². The molecule has 0 N–H and O–H groups in total. The molecule has 0 aliphatic heterocycles. The lowest BCUT2D eigenvalue weighted by Gasteiger charge is -2.06. The summed E-state index contributed by atoms with van der Waals surface area (Å²) in [6.07, 6.45) is 0.190. The number of nitriles is 1. The van der Waals surface area contributed by atoms with Gasteiger partial charge in [0.1, 0.15) is 11.9 Å². The highest BCUT2D eigenvalue weighted by atomic mass is 32.1. The van der Waals surface area contributed by atoms with E-state index in [-0.39, 0.29) is 17.5 Å². The fraction of sp³-hybridized carbons (Fsp3) is 0.350. The minimum Gasteiger partial charge on any atom is -0.269 e. The average Bonchev–Trinajstić information content (AvgIpc) is 3.03. The summed E-state index contributed by atoms with van der Waals surface area (Å²) in [5.74, 6) is 1.00. The van der Waals surface area contributed by atoms with Gasteiger partial charge in [-0.25, -0.2) is 9.37 Å². The maximum absolute atomic E-state index is 14.3. The maximum atomic E-state index is 14.3. The van der Waals surface area contributed by atoms with Gasteiger partial charge in [-0.3, -0.25) is 9.20 Å². The molecule has 4 nitrogen and oxygen atoms in total. The molecule has 2 aromatic heterocycles. The molecule has 1 aliphatic carbocycles. The smallest absolute Gasteiger partial charge is 0.258 e. The standard InChI is InChI=1S/C20H18FN3OS/c1-10-11(2)17(10)19-12(3)26-20-23-15(8-16(25)24(19)20)7-13-5-4-6-14(9-22)18(13)21/h4-6,8,10-11,17H,7H2,1-3H3. The molecule has 6 heteroatoms. The van der Waals surface area contributed by atoms with E-state index in [1.807, 2.05) is 13.0 Å². The third-order valence-electron chi connectivity index (χ3n) is 5.49. The van der Waals surface area contributed by atoms with Gasteiger partial charge in [-0.2, -0.15) is 5.26 Å². The second kappa shape index (κ2) is 6.03. The number of rotatable bonds is 3. The van der Waals surface area contributed by atoms with Gasteiger partial charge in [0, 0.05) is 29.0 Å². The predicted molar refractivity (Wildman–Crippen MR) is 99.1 cm³/mol. The summed E-state index contributed by atoms with van der Waals surface area (Å²) in [7, 11) is 0. The number of fused-ring (bicyclic) bond motifs is 1.